The van der Waals surface area contributed by atoms with E-state index in [4.69, 9.17) is 17.6 Å². The van der Waals surface area contributed by atoms with Crippen molar-refractivity contribution in [3.05, 3.63) is 21.4 Å². The summed E-state index contributed by atoms with van der Waals surface area (Å²) in [5, 5.41) is 7.37. The van der Waals surface area contributed by atoms with Gasteiger partial charge in [0.15, 0.2) is 8.76 Å². The van der Waals surface area contributed by atoms with Crippen molar-refractivity contribution in [1.82, 2.24) is 4.57 Å². The maximum Gasteiger partial charge on any atom is 0.193 e. The van der Waals surface area contributed by atoms with Crippen molar-refractivity contribution < 1.29 is 0 Å². The highest BCUT2D eigenvalue weighted by Gasteiger charge is 1.93. The Labute approximate surface area is 71.0 Å². The highest BCUT2D eigenvalue weighted by atomic mass is 32.9. The Morgan fingerprint density at radius 2 is 2.40 bits per heavy atom. The molecule has 10 heavy (non-hydrogen) atoms. The van der Waals surface area contributed by atoms with Crippen molar-refractivity contribution in [2.45, 2.75) is 6.54 Å². The predicted octanol–water partition coefficient (Wildman–Crippen LogP) is 2.01. The van der Waals surface area contributed by atoms with Crippen LogP contribution in [0.5, 0.6) is 0 Å². The number of nitrogens with zero attached hydrogens (tertiary/aromatic N) is 1. The Morgan fingerprint density at radius 3 is 2.80 bits per heavy atom. The maximum absolute atomic E-state index is 7.37. The van der Waals surface area contributed by atoms with E-state index in [2.05, 4.69) is 6.58 Å². The fraction of sp³-hybridized carbons (Fsp3) is 0.200. The van der Waals surface area contributed by atoms with Crippen LogP contribution < -0.4 is 4.80 Å². The van der Waals surface area contributed by atoms with Crippen molar-refractivity contribution in [2.75, 3.05) is 0 Å². The van der Waals surface area contributed by atoms with E-state index in [0.717, 1.165) is 3.95 Å². The summed E-state index contributed by atoms with van der Waals surface area (Å²) in [6, 6.07) is 0. The molecule has 0 bridgehead atoms. The van der Waals surface area contributed by atoms with E-state index in [0.29, 0.717) is 11.3 Å². The average molecular weight is 190 g/mol. The molecule has 0 amide bonds. The quantitative estimate of drug-likeness (QED) is 0.431. The van der Waals surface area contributed by atoms with Crippen LogP contribution in [-0.4, -0.2) is 4.57 Å². The van der Waals surface area contributed by atoms with Gasteiger partial charge in [0.25, 0.3) is 0 Å². The number of rotatable bonds is 2. The van der Waals surface area contributed by atoms with E-state index >= 15 is 0 Å². The molecule has 2 nitrogen and oxygen atoms in total. The van der Waals surface area contributed by atoms with Gasteiger partial charge in [0.05, 0.1) is 0 Å². The fourth-order valence-corrected chi connectivity index (χ4v) is 2.77. The van der Waals surface area contributed by atoms with Gasteiger partial charge >= 0.3 is 0 Å². The lowest BCUT2D eigenvalue weighted by Crippen LogP contribution is -2.11. The van der Waals surface area contributed by atoms with Gasteiger partial charge in [-0.25, -0.2) is 0 Å². The first kappa shape index (κ1) is 7.84. The molecule has 5 heteroatoms. The molecule has 1 heterocycles. The van der Waals surface area contributed by atoms with Crippen LogP contribution in [0.3, 0.4) is 0 Å². The number of aromatic nitrogens is 1. The summed E-state index contributed by atoms with van der Waals surface area (Å²) in [6.07, 6.45) is 1.74. The van der Waals surface area contributed by atoms with Crippen molar-refractivity contribution in [3.8, 4) is 0 Å². The van der Waals surface area contributed by atoms with Crippen LogP contribution in [0.15, 0.2) is 12.7 Å². The summed E-state index contributed by atoms with van der Waals surface area (Å²) in [5.41, 5.74) is 0. The van der Waals surface area contributed by atoms with Gasteiger partial charge < -0.3 is 0 Å². The van der Waals surface area contributed by atoms with Gasteiger partial charge in [0, 0.05) is 6.54 Å². The lowest BCUT2D eigenvalue weighted by Gasteiger charge is -1.91. The highest BCUT2D eigenvalue weighted by Crippen LogP contribution is 2.03. The third kappa shape index (κ3) is 1.42. The molecule has 0 unspecified atom stereocenters. The average Bonchev–Trinajstić information content (AvgIpc) is 2.20. The molecule has 0 atom stereocenters. The molecule has 0 radical (unpaired) electrons. The SMILES string of the molecule is C=CCn1c(=N)ssc1=S. The standard InChI is InChI=1S/C5H6N2S3/c1-2-3-7-4(6)9-10-5(7)8/h2,6H,1,3H2. The van der Waals surface area contributed by atoms with E-state index in [1.54, 1.807) is 10.6 Å². The second kappa shape index (κ2) is 3.23. The largest absolute Gasteiger partial charge is 0.296 e. The lowest BCUT2D eigenvalue weighted by atomic mass is 10.6. The second-order valence-corrected chi connectivity index (χ2v) is 4.39. The van der Waals surface area contributed by atoms with Crippen molar-refractivity contribution in [1.29, 1.82) is 5.41 Å². The van der Waals surface area contributed by atoms with E-state index in [1.165, 1.54) is 20.7 Å². The lowest BCUT2D eigenvalue weighted by molar-refractivity contribution is 0.776. The molecule has 0 aliphatic heterocycles. The Balaban J connectivity index is 3.23. The maximum atomic E-state index is 7.37. The zero-order chi connectivity index (χ0) is 7.56. The third-order valence-corrected chi connectivity index (χ3v) is 3.78. The molecule has 0 fully saturated rings. The van der Waals surface area contributed by atoms with Crippen LogP contribution in [0.2, 0.25) is 0 Å². The van der Waals surface area contributed by atoms with Crippen molar-refractivity contribution in [3.63, 3.8) is 0 Å². The van der Waals surface area contributed by atoms with Gasteiger partial charge in [-0.05, 0) is 32.9 Å². The molecule has 1 aromatic heterocycles. The number of hydrogen-bond donors (Lipinski definition) is 1. The summed E-state index contributed by atoms with van der Waals surface area (Å²) in [5.74, 6) is 0. The molecule has 0 aliphatic carbocycles. The summed E-state index contributed by atoms with van der Waals surface area (Å²) in [7, 11) is 2.85. The summed E-state index contributed by atoms with van der Waals surface area (Å²) >= 11 is 4.96. The van der Waals surface area contributed by atoms with Crippen molar-refractivity contribution in [2.24, 2.45) is 0 Å². The molecule has 1 N–H and O–H groups in total. The van der Waals surface area contributed by atoms with Crippen LogP contribution in [-0.2, 0) is 6.54 Å². The minimum absolute atomic E-state index is 0.509. The molecule has 1 aromatic rings. The van der Waals surface area contributed by atoms with Gasteiger partial charge in [-0.15, -0.1) is 6.58 Å². The number of nitrogens with one attached hydrogen (secondary N) is 1. The molecule has 0 saturated carbocycles. The smallest absolute Gasteiger partial charge is 0.193 e. The zero-order valence-corrected chi connectivity index (χ0v) is 7.61. The Kier molecular flexibility index (Phi) is 2.53. The molecule has 54 valence electrons. The molecular formula is C5H6N2S3. The van der Waals surface area contributed by atoms with E-state index < -0.39 is 0 Å². The fourth-order valence-electron chi connectivity index (χ4n) is 0.535. The summed E-state index contributed by atoms with van der Waals surface area (Å²) < 4.78 is 2.51. The summed E-state index contributed by atoms with van der Waals surface area (Å²) in [6.45, 7) is 4.23. The van der Waals surface area contributed by atoms with Gasteiger partial charge in [0.2, 0.25) is 0 Å². The number of hydrogen-bond acceptors (Lipinski definition) is 4. The van der Waals surface area contributed by atoms with E-state index in [-0.39, 0.29) is 0 Å². The molecule has 1 rings (SSSR count). The molecule has 0 saturated heterocycles. The van der Waals surface area contributed by atoms with E-state index in [9.17, 15) is 0 Å². The van der Waals surface area contributed by atoms with Gasteiger partial charge in [-0.2, -0.15) is 0 Å². The van der Waals surface area contributed by atoms with Gasteiger partial charge in [-0.3, -0.25) is 9.98 Å². The molecule has 0 aliphatic rings. The van der Waals surface area contributed by atoms with Gasteiger partial charge in [-0.1, -0.05) is 6.08 Å². The Bertz CT molecular complexity index is 302. The van der Waals surface area contributed by atoms with Crippen LogP contribution in [0.1, 0.15) is 0 Å². The number of allylic oxidation sites excluding steroid dienone is 1. The minimum Gasteiger partial charge on any atom is -0.296 e. The predicted molar refractivity (Wildman–Crippen MR) is 47.1 cm³/mol. The molecule has 0 spiro atoms. The first-order chi connectivity index (χ1) is 4.75. The monoisotopic (exact) mass is 190 g/mol. The zero-order valence-electron chi connectivity index (χ0n) is 5.16. The Hall–Kier alpha value is -0.260. The minimum atomic E-state index is 0.509. The van der Waals surface area contributed by atoms with Crippen molar-refractivity contribution >= 4 is 32.9 Å². The topological polar surface area (TPSA) is 28.8 Å². The normalized spacial score (nSPS) is 9.60. The third-order valence-electron chi connectivity index (χ3n) is 0.969. The Morgan fingerprint density at radius 1 is 1.70 bits per heavy atom. The van der Waals surface area contributed by atoms with Crippen LogP contribution in [0.4, 0.5) is 0 Å². The second-order valence-electron chi connectivity index (χ2n) is 1.64. The first-order valence-corrected chi connectivity index (χ1v) is 5.17. The van der Waals surface area contributed by atoms with E-state index in [1.807, 2.05) is 0 Å². The molecule has 0 aromatic carbocycles. The highest BCUT2D eigenvalue weighted by molar-refractivity contribution is 7.79. The van der Waals surface area contributed by atoms with Gasteiger partial charge in [0.1, 0.15) is 0 Å². The van der Waals surface area contributed by atoms with Crippen LogP contribution in [0, 0.1) is 9.36 Å². The van der Waals surface area contributed by atoms with Crippen LogP contribution >= 0.6 is 32.9 Å². The first-order valence-electron chi connectivity index (χ1n) is 2.61. The summed E-state index contributed by atoms with van der Waals surface area (Å²) in [4.78, 5) is 0.509. The molecular weight excluding hydrogens is 184 g/mol. The van der Waals surface area contributed by atoms with Crippen LogP contribution in [0.25, 0.3) is 0 Å².